The zero-order valence-corrected chi connectivity index (χ0v) is 38.2. The molecule has 334 valence electrons. The van der Waals surface area contributed by atoms with E-state index in [4.69, 9.17) is 9.47 Å². The number of ether oxygens (including phenoxy) is 2. The molecule has 2 bridgehead atoms. The van der Waals surface area contributed by atoms with Crippen LogP contribution in [0.1, 0.15) is 111 Å². The number of likely N-dealkylation sites (N-methyl/N-ethyl adjacent to an activating group) is 1. The Morgan fingerprint density at radius 2 is 1.66 bits per heavy atom. The first-order chi connectivity index (χ1) is 27.6. The number of methoxy groups -OCH3 is 2. The number of fused-ring (bicyclic) bond motifs is 2. The number of nitrogens with zero attached hydrogens (tertiary/aromatic N) is 3. The van der Waals surface area contributed by atoms with Crippen molar-refractivity contribution >= 4 is 11.8 Å². The smallest absolute Gasteiger partial charge is 0.237 e. The first-order valence-electron chi connectivity index (χ1n) is 23.6. The summed E-state index contributed by atoms with van der Waals surface area (Å²) in [6.07, 6.45) is 13.5. The fourth-order valence-corrected chi connectivity index (χ4v) is 14.0. The van der Waals surface area contributed by atoms with Crippen LogP contribution in [-0.4, -0.2) is 148 Å². The van der Waals surface area contributed by atoms with Crippen LogP contribution in [0.5, 0.6) is 0 Å². The zero-order chi connectivity index (χ0) is 42.1. The summed E-state index contributed by atoms with van der Waals surface area (Å²) in [5, 5.41) is 28.8. The van der Waals surface area contributed by atoms with Gasteiger partial charge in [-0.05, 0) is 146 Å². The van der Waals surface area contributed by atoms with E-state index in [9.17, 15) is 19.8 Å². The molecule has 11 heteroatoms. The van der Waals surface area contributed by atoms with E-state index in [-0.39, 0.29) is 60.3 Å². The van der Waals surface area contributed by atoms with Crippen molar-refractivity contribution in [2.75, 3.05) is 68.7 Å². The molecule has 0 radical (unpaired) electrons. The normalized spacial score (nSPS) is 41.5. The van der Waals surface area contributed by atoms with Gasteiger partial charge in [0.25, 0.3) is 0 Å². The van der Waals surface area contributed by atoms with Gasteiger partial charge >= 0.3 is 0 Å². The minimum absolute atomic E-state index is 0.0134. The third kappa shape index (κ3) is 10.1. The third-order valence-corrected chi connectivity index (χ3v) is 17.3. The first kappa shape index (κ1) is 46.2. The molecule has 0 spiro atoms. The number of aliphatic hydroxyl groups is 2. The van der Waals surface area contributed by atoms with Crippen LogP contribution in [0.25, 0.3) is 0 Å². The summed E-state index contributed by atoms with van der Waals surface area (Å²) in [5.74, 6) is 2.83. The summed E-state index contributed by atoms with van der Waals surface area (Å²) >= 11 is 0. The Balaban J connectivity index is 1.15. The topological polar surface area (TPSA) is 127 Å². The van der Waals surface area contributed by atoms with Crippen LogP contribution in [0, 0.1) is 64.6 Å². The number of aliphatic hydroxyl groups excluding tert-OH is 2. The number of carbonyl (C=O) groups excluding carboxylic acids is 2. The van der Waals surface area contributed by atoms with E-state index in [2.05, 4.69) is 74.3 Å². The van der Waals surface area contributed by atoms with Gasteiger partial charge < -0.3 is 40.1 Å². The summed E-state index contributed by atoms with van der Waals surface area (Å²) < 4.78 is 12.3. The van der Waals surface area contributed by atoms with Crippen molar-refractivity contribution in [3.8, 4) is 0 Å². The van der Waals surface area contributed by atoms with E-state index in [1.54, 1.807) is 6.92 Å². The molecule has 1 aliphatic heterocycles. The molecule has 11 nitrogen and oxygen atoms in total. The average molecular weight is 816 g/mol. The Bertz CT molecular complexity index is 1350. The van der Waals surface area contributed by atoms with Gasteiger partial charge in [0, 0.05) is 76.3 Å². The van der Waals surface area contributed by atoms with Gasteiger partial charge in [-0.3, -0.25) is 14.5 Å². The highest BCUT2D eigenvalue weighted by molar-refractivity contribution is 5.83. The van der Waals surface area contributed by atoms with Crippen molar-refractivity contribution in [1.29, 1.82) is 0 Å². The molecule has 7 fully saturated rings. The predicted molar refractivity (Wildman–Crippen MR) is 230 cm³/mol. The Morgan fingerprint density at radius 3 is 2.28 bits per heavy atom. The molecule has 2 amide bonds. The molecule has 0 aromatic heterocycles. The predicted octanol–water partition coefficient (Wildman–Crippen LogP) is 4.88. The minimum atomic E-state index is -0.707. The van der Waals surface area contributed by atoms with Crippen molar-refractivity contribution in [1.82, 2.24) is 25.3 Å². The quantitative estimate of drug-likeness (QED) is 0.173. The summed E-state index contributed by atoms with van der Waals surface area (Å²) in [6, 6.07) is 0.0977. The number of hydrogen-bond acceptors (Lipinski definition) is 9. The third-order valence-electron chi connectivity index (χ3n) is 17.3. The lowest BCUT2D eigenvalue weighted by Gasteiger charge is -2.62. The van der Waals surface area contributed by atoms with Crippen molar-refractivity contribution < 1.29 is 29.3 Å². The van der Waals surface area contributed by atoms with E-state index in [1.807, 2.05) is 14.2 Å². The Hall–Kier alpha value is -1.34. The van der Waals surface area contributed by atoms with Crippen molar-refractivity contribution in [3.05, 3.63) is 0 Å². The number of hydrogen-bond donors (Lipinski definition) is 4. The Kier molecular flexibility index (Phi) is 15.8. The molecule has 6 saturated carbocycles. The monoisotopic (exact) mass is 816 g/mol. The van der Waals surface area contributed by atoms with E-state index in [0.29, 0.717) is 66.2 Å². The van der Waals surface area contributed by atoms with Crippen LogP contribution < -0.4 is 10.6 Å². The number of likely N-dealkylation sites (tertiary alicyclic amines) is 1. The molecule has 17 atom stereocenters. The number of amides is 2. The minimum Gasteiger partial charge on any atom is -0.396 e. The van der Waals surface area contributed by atoms with Gasteiger partial charge in [-0.15, -0.1) is 0 Å². The number of rotatable bonds is 16. The van der Waals surface area contributed by atoms with Gasteiger partial charge in [-0.2, -0.15) is 0 Å². The van der Waals surface area contributed by atoms with Gasteiger partial charge in [-0.25, -0.2) is 0 Å². The molecule has 7 rings (SSSR count). The lowest BCUT2D eigenvalue weighted by molar-refractivity contribution is -0.140. The van der Waals surface area contributed by atoms with Crippen molar-refractivity contribution in [2.24, 2.45) is 64.6 Å². The summed E-state index contributed by atoms with van der Waals surface area (Å²) in [6.45, 7) is 11.0. The maximum Gasteiger partial charge on any atom is 0.237 e. The van der Waals surface area contributed by atoms with Crippen LogP contribution in [0.2, 0.25) is 0 Å². The molecule has 1 heterocycles. The second-order valence-corrected chi connectivity index (χ2v) is 21.7. The molecule has 0 aromatic carbocycles. The molecule has 1 saturated heterocycles. The van der Waals surface area contributed by atoms with Gasteiger partial charge in [0.05, 0.1) is 24.4 Å². The molecule has 6 aliphatic carbocycles. The van der Waals surface area contributed by atoms with E-state index < -0.39 is 12.1 Å². The van der Waals surface area contributed by atoms with Crippen LogP contribution in [0.4, 0.5) is 0 Å². The van der Waals surface area contributed by atoms with E-state index >= 15 is 0 Å². The van der Waals surface area contributed by atoms with Crippen LogP contribution in [0.3, 0.4) is 0 Å². The molecule has 4 N–H and O–H groups in total. The molecule has 58 heavy (non-hydrogen) atoms. The lowest BCUT2D eigenvalue weighted by Crippen LogP contribution is -2.62. The molecular weight excluding hydrogens is 731 g/mol. The van der Waals surface area contributed by atoms with Gasteiger partial charge in [0.15, 0.2) is 0 Å². The summed E-state index contributed by atoms with van der Waals surface area (Å²) in [7, 11) is 12.2. The Labute approximate surface area is 352 Å². The highest BCUT2D eigenvalue weighted by Gasteiger charge is 2.57. The van der Waals surface area contributed by atoms with Crippen LogP contribution in [0.15, 0.2) is 0 Å². The average Bonchev–Trinajstić information content (AvgIpc) is 3.56. The molecule has 7 aliphatic rings. The van der Waals surface area contributed by atoms with Gasteiger partial charge in [-0.1, -0.05) is 40.0 Å². The van der Waals surface area contributed by atoms with Gasteiger partial charge in [0.2, 0.25) is 11.8 Å². The fraction of sp³-hybridized carbons (Fsp3) is 0.957. The van der Waals surface area contributed by atoms with Crippen LogP contribution >= 0.6 is 0 Å². The second-order valence-electron chi connectivity index (χ2n) is 21.7. The highest BCUT2D eigenvalue weighted by Crippen LogP contribution is 2.61. The van der Waals surface area contributed by atoms with Crippen molar-refractivity contribution in [3.63, 3.8) is 0 Å². The molecular formula is C47H85N5O6. The SMILES string of the molecule is COC1CCCC(C[C@@H](CN(C)C)NC(=O)C2CC(C3CCCC(CN4C[C@@H](CO)[C@H]([C@H](C)O)[C@H]4C(=O)N[C@H]4C[C@H]5C[C@@H]([C@@H]4C)C5(C)C)C3OC)CC(N(C)C)C2)C1. The lowest BCUT2D eigenvalue weighted by atomic mass is 9.45. The standard InChI is InChI=1S/C47H85N5O6/c1-28-40-22-35(47(40,3)4)23-41(28)49-46(56)43-42(29(2)54)34(27-53)25-52(43)24-31-14-12-16-39(44(31)58-10)32-19-33(21-37(20-32)51(7)8)45(55)48-36(26-50(5)6)17-30-13-11-15-38(18-30)57-9/h28-44,53-54H,11-27H2,1-10H3,(H,48,55)(H,49,56)/t28-,29-,30?,31?,32?,33?,34-,35+,36-,37?,38?,39?,40-,41-,42-,43-,44?/m0/s1. The number of carbonyl (C=O) groups is 2. The molecule has 0 aromatic rings. The Morgan fingerprint density at radius 1 is 0.914 bits per heavy atom. The van der Waals surface area contributed by atoms with Gasteiger partial charge in [0.1, 0.15) is 0 Å². The molecule has 8 unspecified atom stereocenters. The summed E-state index contributed by atoms with van der Waals surface area (Å²) in [4.78, 5) is 35.7. The summed E-state index contributed by atoms with van der Waals surface area (Å²) in [5.41, 5.74) is 0.337. The maximum atomic E-state index is 14.5. The fourth-order valence-electron chi connectivity index (χ4n) is 14.0. The number of nitrogens with one attached hydrogen (secondary N) is 2. The van der Waals surface area contributed by atoms with Crippen molar-refractivity contribution in [2.45, 2.75) is 154 Å². The van der Waals surface area contributed by atoms with E-state index in [1.165, 1.54) is 19.3 Å². The zero-order valence-electron chi connectivity index (χ0n) is 38.2. The largest absolute Gasteiger partial charge is 0.396 e. The maximum absolute atomic E-state index is 14.5. The first-order valence-corrected chi connectivity index (χ1v) is 23.6. The highest BCUT2D eigenvalue weighted by atomic mass is 16.5. The van der Waals surface area contributed by atoms with E-state index in [0.717, 1.165) is 70.8 Å². The second kappa shape index (κ2) is 19.8. The van der Waals surface area contributed by atoms with Crippen LogP contribution in [-0.2, 0) is 19.1 Å².